The van der Waals surface area contributed by atoms with E-state index < -0.39 is 37.3 Å². The van der Waals surface area contributed by atoms with Crippen LogP contribution < -0.4 is 10.2 Å². The Hall–Kier alpha value is -2.95. The average molecular weight is 416 g/mol. The molecule has 0 saturated carbocycles. The molecular formula is C21H20O9. The Morgan fingerprint density at radius 2 is 1.73 bits per heavy atom. The van der Waals surface area contributed by atoms with Gasteiger partial charge in [0.15, 0.2) is 16.9 Å². The molecule has 5 atom stereocenters. The highest BCUT2D eigenvalue weighted by atomic mass is 16.7. The number of ether oxygens (including phenoxy) is 2. The molecule has 0 unspecified atom stereocenters. The third-order valence-corrected chi connectivity index (χ3v) is 4.99. The second-order valence-electron chi connectivity index (χ2n) is 6.94. The first-order valence-electron chi connectivity index (χ1n) is 9.23. The number of aliphatic hydroxyl groups is 4. The molecule has 5 N–H and O–H groups in total. The van der Waals surface area contributed by atoms with Crippen molar-refractivity contribution >= 4 is 11.0 Å². The number of hydrogen-bond acceptors (Lipinski definition) is 9. The van der Waals surface area contributed by atoms with E-state index in [0.29, 0.717) is 11.0 Å². The van der Waals surface area contributed by atoms with E-state index >= 15 is 0 Å². The lowest BCUT2D eigenvalue weighted by Gasteiger charge is -2.39. The number of benzene rings is 2. The summed E-state index contributed by atoms with van der Waals surface area (Å²) in [6, 6.07) is 12.4. The topological polar surface area (TPSA) is 150 Å². The second-order valence-corrected chi connectivity index (χ2v) is 6.94. The summed E-state index contributed by atoms with van der Waals surface area (Å²) in [5, 5.41) is 50.2. The summed E-state index contributed by atoms with van der Waals surface area (Å²) in [7, 11) is 0. The molecule has 0 bridgehead atoms. The molecule has 0 spiro atoms. The number of fused-ring (bicyclic) bond motifs is 1. The summed E-state index contributed by atoms with van der Waals surface area (Å²) in [5.74, 6) is -0.393. The fourth-order valence-corrected chi connectivity index (χ4v) is 3.34. The molecule has 30 heavy (non-hydrogen) atoms. The van der Waals surface area contributed by atoms with Crippen LogP contribution in [-0.2, 0) is 4.74 Å². The number of phenols is 1. The fourth-order valence-electron chi connectivity index (χ4n) is 3.34. The van der Waals surface area contributed by atoms with Crippen LogP contribution in [0.2, 0.25) is 0 Å². The first-order chi connectivity index (χ1) is 14.4. The molecule has 0 amide bonds. The minimum Gasteiger partial charge on any atom is -0.504 e. The molecule has 2 heterocycles. The number of phenolic OH excluding ortho intramolecular Hbond substituents is 1. The van der Waals surface area contributed by atoms with E-state index in [2.05, 4.69) is 0 Å². The van der Waals surface area contributed by atoms with E-state index in [1.807, 2.05) is 0 Å². The Balaban J connectivity index is 1.68. The lowest BCUT2D eigenvalue weighted by molar-refractivity contribution is -0.277. The molecule has 4 rings (SSSR count). The Morgan fingerprint density at radius 3 is 2.50 bits per heavy atom. The van der Waals surface area contributed by atoms with Crippen LogP contribution in [0.3, 0.4) is 0 Å². The summed E-state index contributed by atoms with van der Waals surface area (Å²) >= 11 is 0. The molecule has 1 fully saturated rings. The molecule has 1 aromatic heterocycles. The minimum atomic E-state index is -1.63. The fraction of sp³-hybridized carbons (Fsp3) is 0.286. The molecule has 2 aromatic carbocycles. The van der Waals surface area contributed by atoms with Gasteiger partial charge in [0, 0.05) is 6.07 Å². The van der Waals surface area contributed by atoms with Crippen molar-refractivity contribution in [3.63, 3.8) is 0 Å². The zero-order chi connectivity index (χ0) is 21.4. The minimum absolute atomic E-state index is 0.107. The van der Waals surface area contributed by atoms with Crippen LogP contribution in [-0.4, -0.2) is 62.8 Å². The van der Waals surface area contributed by atoms with E-state index in [4.69, 9.17) is 13.9 Å². The lowest BCUT2D eigenvalue weighted by atomic mass is 9.99. The summed E-state index contributed by atoms with van der Waals surface area (Å²) in [6.45, 7) is -0.612. The number of hydrogen-bond donors (Lipinski definition) is 5. The number of para-hydroxylation sites is 2. The Kier molecular flexibility index (Phi) is 5.46. The zero-order valence-corrected chi connectivity index (χ0v) is 15.6. The molecule has 158 valence electrons. The predicted molar refractivity (Wildman–Crippen MR) is 104 cm³/mol. The second kappa shape index (κ2) is 8.05. The van der Waals surface area contributed by atoms with Crippen LogP contribution in [0.4, 0.5) is 0 Å². The van der Waals surface area contributed by atoms with Crippen molar-refractivity contribution in [2.75, 3.05) is 6.61 Å². The average Bonchev–Trinajstić information content (AvgIpc) is 2.75. The van der Waals surface area contributed by atoms with Crippen LogP contribution in [0, 0.1) is 0 Å². The molecule has 3 aromatic rings. The Morgan fingerprint density at radius 1 is 0.967 bits per heavy atom. The van der Waals surface area contributed by atoms with Gasteiger partial charge in [-0.3, -0.25) is 4.79 Å². The van der Waals surface area contributed by atoms with Crippen LogP contribution in [0.25, 0.3) is 22.3 Å². The SMILES string of the molecule is O=c1cc(-c2cccc(O[C@@H]3O[C@H](CO)[C@H](O)[C@H](O)[C@H]3O)c2O)oc2ccccc12. The summed E-state index contributed by atoms with van der Waals surface area (Å²) in [5.41, 5.74) is 0.228. The smallest absolute Gasteiger partial charge is 0.229 e. The third-order valence-electron chi connectivity index (χ3n) is 4.99. The van der Waals surface area contributed by atoms with E-state index in [0.717, 1.165) is 0 Å². The van der Waals surface area contributed by atoms with Crippen molar-refractivity contribution < 1.29 is 39.4 Å². The Bertz CT molecular complexity index is 1110. The molecule has 1 saturated heterocycles. The molecule has 1 aliphatic heterocycles. The van der Waals surface area contributed by atoms with Gasteiger partial charge < -0.3 is 39.4 Å². The van der Waals surface area contributed by atoms with Crippen molar-refractivity contribution in [3.05, 3.63) is 58.8 Å². The quantitative estimate of drug-likeness (QED) is 0.406. The molecule has 0 aliphatic carbocycles. The standard InChI is InChI=1S/C21H20O9/c22-9-16-18(25)19(26)20(27)21(30-16)29-14-7-3-5-11(17(14)24)15-8-12(23)10-4-1-2-6-13(10)28-15/h1-8,16,18-22,24-27H,9H2/t16-,18+,19+,20-,21-/m1/s1. The highest BCUT2D eigenvalue weighted by Gasteiger charge is 2.45. The Labute approximate surface area is 170 Å². The van der Waals surface area contributed by atoms with Crippen molar-refractivity contribution in [1.29, 1.82) is 0 Å². The molecule has 1 aliphatic rings. The first kappa shape index (κ1) is 20.3. The number of aliphatic hydroxyl groups excluding tert-OH is 4. The van der Waals surface area contributed by atoms with Crippen LogP contribution in [0.5, 0.6) is 11.5 Å². The summed E-state index contributed by atoms with van der Waals surface area (Å²) in [6.07, 6.45) is -7.41. The largest absolute Gasteiger partial charge is 0.504 e. The predicted octanol–water partition coefficient (Wildman–Crippen LogP) is 0.344. The lowest BCUT2D eigenvalue weighted by Crippen LogP contribution is -2.60. The van der Waals surface area contributed by atoms with Gasteiger partial charge in [-0.05, 0) is 24.3 Å². The van der Waals surface area contributed by atoms with E-state index in [9.17, 15) is 30.3 Å². The molecule has 9 heteroatoms. The van der Waals surface area contributed by atoms with Gasteiger partial charge in [-0.25, -0.2) is 0 Å². The summed E-state index contributed by atoms with van der Waals surface area (Å²) in [4.78, 5) is 12.4. The van der Waals surface area contributed by atoms with Crippen LogP contribution in [0.1, 0.15) is 0 Å². The van der Waals surface area contributed by atoms with Gasteiger partial charge in [0.25, 0.3) is 0 Å². The highest BCUT2D eigenvalue weighted by Crippen LogP contribution is 2.38. The van der Waals surface area contributed by atoms with E-state index in [1.54, 1.807) is 24.3 Å². The van der Waals surface area contributed by atoms with Gasteiger partial charge in [0.1, 0.15) is 35.8 Å². The van der Waals surface area contributed by atoms with Crippen LogP contribution in [0.15, 0.2) is 57.7 Å². The summed E-state index contributed by atoms with van der Waals surface area (Å²) < 4.78 is 16.5. The normalized spacial score (nSPS) is 26.6. The highest BCUT2D eigenvalue weighted by molar-refractivity contribution is 5.80. The third kappa shape index (κ3) is 3.53. The maximum atomic E-state index is 12.4. The van der Waals surface area contributed by atoms with Gasteiger partial charge >= 0.3 is 0 Å². The van der Waals surface area contributed by atoms with Crippen LogP contribution >= 0.6 is 0 Å². The molecule has 9 nitrogen and oxygen atoms in total. The van der Waals surface area contributed by atoms with Crippen molar-refractivity contribution in [2.45, 2.75) is 30.7 Å². The number of aromatic hydroxyl groups is 1. The zero-order valence-electron chi connectivity index (χ0n) is 15.6. The van der Waals surface area contributed by atoms with E-state index in [1.165, 1.54) is 24.3 Å². The molecular weight excluding hydrogens is 396 g/mol. The van der Waals surface area contributed by atoms with Crippen molar-refractivity contribution in [2.24, 2.45) is 0 Å². The van der Waals surface area contributed by atoms with Gasteiger partial charge in [-0.1, -0.05) is 18.2 Å². The van der Waals surface area contributed by atoms with Gasteiger partial charge in [0.05, 0.1) is 17.6 Å². The van der Waals surface area contributed by atoms with E-state index in [-0.39, 0.29) is 28.3 Å². The van der Waals surface area contributed by atoms with Gasteiger partial charge in [-0.2, -0.15) is 0 Å². The molecule has 0 radical (unpaired) electrons. The van der Waals surface area contributed by atoms with Gasteiger partial charge in [0.2, 0.25) is 6.29 Å². The van der Waals surface area contributed by atoms with Crippen molar-refractivity contribution in [1.82, 2.24) is 0 Å². The van der Waals surface area contributed by atoms with Crippen molar-refractivity contribution in [3.8, 4) is 22.8 Å². The maximum absolute atomic E-state index is 12.4. The van der Waals surface area contributed by atoms with Gasteiger partial charge in [-0.15, -0.1) is 0 Å². The monoisotopic (exact) mass is 416 g/mol. The number of rotatable bonds is 4. The first-order valence-corrected chi connectivity index (χ1v) is 9.23. The maximum Gasteiger partial charge on any atom is 0.229 e.